The predicted octanol–water partition coefficient (Wildman–Crippen LogP) is 3.24. The second-order valence-electron chi connectivity index (χ2n) is 7.43. The number of thiophene rings is 1. The van der Waals surface area contributed by atoms with Crippen molar-refractivity contribution in [2.75, 3.05) is 25.0 Å². The number of carbonyl (C=O) groups is 2. The van der Waals surface area contributed by atoms with Gasteiger partial charge in [0.1, 0.15) is 10.8 Å². The number of hydrogen-bond donors (Lipinski definition) is 2. The Kier molecular flexibility index (Phi) is 6.38. The largest absolute Gasteiger partial charge is 0.366 e. The minimum atomic E-state index is -0.560. The van der Waals surface area contributed by atoms with Crippen LogP contribution in [-0.4, -0.2) is 46.5 Å². The van der Waals surface area contributed by atoms with E-state index >= 15 is 0 Å². The molecule has 10 heteroatoms. The van der Waals surface area contributed by atoms with Crippen LogP contribution in [-0.2, 0) is 4.79 Å². The molecule has 0 spiro atoms. The van der Waals surface area contributed by atoms with Crippen molar-refractivity contribution in [1.29, 1.82) is 0 Å². The second-order valence-corrected chi connectivity index (χ2v) is 8.34. The fourth-order valence-electron chi connectivity index (χ4n) is 3.63. The molecule has 1 fully saturated rings. The van der Waals surface area contributed by atoms with Crippen molar-refractivity contribution in [3.05, 3.63) is 53.0 Å². The molecule has 1 aliphatic heterocycles. The van der Waals surface area contributed by atoms with E-state index in [-0.39, 0.29) is 17.6 Å². The number of nitrogens with one attached hydrogen (secondary N) is 1. The molecule has 0 radical (unpaired) electrons. The van der Waals surface area contributed by atoms with Crippen LogP contribution in [0.25, 0.3) is 11.4 Å². The number of aromatic nitrogens is 2. The van der Waals surface area contributed by atoms with Crippen molar-refractivity contribution >= 4 is 28.2 Å². The number of likely N-dealkylation sites (tertiary alicyclic amines) is 1. The van der Waals surface area contributed by atoms with Crippen LogP contribution in [0.5, 0.6) is 0 Å². The number of halogens is 1. The van der Waals surface area contributed by atoms with Crippen molar-refractivity contribution < 1.29 is 18.5 Å². The fourth-order valence-corrected chi connectivity index (χ4v) is 4.43. The Balaban J connectivity index is 1.31. The highest BCUT2D eigenvalue weighted by molar-refractivity contribution is 7.14. The number of benzene rings is 1. The summed E-state index contributed by atoms with van der Waals surface area (Å²) in [6.07, 6.45) is 2.18. The van der Waals surface area contributed by atoms with Crippen LogP contribution in [0.4, 0.5) is 9.39 Å². The maximum absolute atomic E-state index is 13.1. The Hall–Kier alpha value is -3.11. The van der Waals surface area contributed by atoms with E-state index in [2.05, 4.69) is 20.4 Å². The van der Waals surface area contributed by atoms with Gasteiger partial charge >= 0.3 is 0 Å². The van der Waals surface area contributed by atoms with Gasteiger partial charge in [0.25, 0.3) is 5.91 Å². The summed E-state index contributed by atoms with van der Waals surface area (Å²) in [6, 6.07) is 7.56. The summed E-state index contributed by atoms with van der Waals surface area (Å²) >= 11 is 1.27. The summed E-state index contributed by atoms with van der Waals surface area (Å²) in [4.78, 5) is 30.4. The third kappa shape index (κ3) is 5.15. The molecule has 1 atom stereocenters. The van der Waals surface area contributed by atoms with Gasteiger partial charge in [-0.3, -0.25) is 9.59 Å². The summed E-state index contributed by atoms with van der Waals surface area (Å²) in [5.41, 5.74) is 6.34. The first-order valence-electron chi connectivity index (χ1n) is 9.98. The zero-order valence-corrected chi connectivity index (χ0v) is 17.5. The number of rotatable bonds is 7. The molecule has 8 nitrogen and oxygen atoms in total. The van der Waals surface area contributed by atoms with Crippen molar-refractivity contribution in [3.63, 3.8) is 0 Å². The van der Waals surface area contributed by atoms with Crippen molar-refractivity contribution in [1.82, 2.24) is 15.0 Å². The number of piperidine rings is 1. The molecule has 3 N–H and O–H groups in total. The van der Waals surface area contributed by atoms with E-state index in [9.17, 15) is 14.0 Å². The number of nitrogens with two attached hydrogens (primary N) is 1. The first-order chi connectivity index (χ1) is 15.0. The van der Waals surface area contributed by atoms with Gasteiger partial charge in [0.2, 0.25) is 17.6 Å². The van der Waals surface area contributed by atoms with Gasteiger partial charge in [0, 0.05) is 25.1 Å². The molecule has 2 aromatic heterocycles. The normalized spacial score (nSPS) is 16.9. The van der Waals surface area contributed by atoms with Gasteiger partial charge in [0.05, 0.1) is 11.5 Å². The van der Waals surface area contributed by atoms with E-state index in [1.807, 2.05) is 0 Å². The highest BCUT2D eigenvalue weighted by atomic mass is 32.1. The lowest BCUT2D eigenvalue weighted by molar-refractivity contribution is -0.116. The molecule has 4 rings (SSSR count). The molecule has 3 aromatic rings. The molecule has 31 heavy (non-hydrogen) atoms. The summed E-state index contributed by atoms with van der Waals surface area (Å²) < 4.78 is 18.6. The third-order valence-corrected chi connectivity index (χ3v) is 6.07. The molecule has 0 saturated carbocycles. The van der Waals surface area contributed by atoms with Crippen LogP contribution in [0.2, 0.25) is 0 Å². The Morgan fingerprint density at radius 3 is 2.87 bits per heavy atom. The minimum absolute atomic E-state index is 0.0808. The van der Waals surface area contributed by atoms with Gasteiger partial charge in [-0.15, -0.1) is 11.3 Å². The molecule has 0 bridgehead atoms. The Bertz CT molecular complexity index is 1070. The van der Waals surface area contributed by atoms with E-state index in [1.165, 1.54) is 23.5 Å². The van der Waals surface area contributed by atoms with E-state index in [1.54, 1.807) is 23.6 Å². The Morgan fingerprint density at radius 1 is 1.29 bits per heavy atom. The first kappa shape index (κ1) is 21.1. The van der Waals surface area contributed by atoms with E-state index in [0.29, 0.717) is 47.4 Å². The van der Waals surface area contributed by atoms with Crippen LogP contribution < -0.4 is 11.1 Å². The van der Waals surface area contributed by atoms with Crippen LogP contribution in [0.1, 0.15) is 41.4 Å². The molecule has 1 unspecified atom stereocenters. The molecule has 2 amide bonds. The highest BCUT2D eigenvalue weighted by Gasteiger charge is 2.26. The first-order valence-corrected chi connectivity index (χ1v) is 10.9. The molecular formula is C21H22FN5O3S. The molecular weight excluding hydrogens is 421 g/mol. The maximum atomic E-state index is 13.1. The number of amides is 2. The predicted molar refractivity (Wildman–Crippen MR) is 114 cm³/mol. The number of nitrogens with zero attached hydrogens (tertiary/aromatic N) is 3. The molecule has 0 aliphatic carbocycles. The maximum Gasteiger partial charge on any atom is 0.251 e. The van der Waals surface area contributed by atoms with Gasteiger partial charge in [-0.2, -0.15) is 4.98 Å². The van der Waals surface area contributed by atoms with Gasteiger partial charge < -0.3 is 20.5 Å². The number of hydrogen-bond acceptors (Lipinski definition) is 7. The van der Waals surface area contributed by atoms with Gasteiger partial charge in [-0.25, -0.2) is 4.39 Å². The summed E-state index contributed by atoms with van der Waals surface area (Å²) in [7, 11) is 0. The third-order valence-electron chi connectivity index (χ3n) is 5.24. The Labute approximate surface area is 182 Å². The molecule has 1 saturated heterocycles. The smallest absolute Gasteiger partial charge is 0.251 e. The van der Waals surface area contributed by atoms with E-state index in [0.717, 1.165) is 19.4 Å². The lowest BCUT2D eigenvalue weighted by Crippen LogP contribution is -2.36. The standard InChI is InChI=1S/C21H22FN5O3S/c22-15-5-3-13(4-6-15)19-25-20(30-26-19)14-2-1-9-27(12-14)10-7-17(28)24-21-16(18(23)29)8-11-31-21/h3-6,8,11,14H,1-2,7,9-10,12H2,(H2,23,29)(H,24,28). The van der Waals surface area contributed by atoms with Crippen molar-refractivity contribution in [2.24, 2.45) is 5.73 Å². The lowest BCUT2D eigenvalue weighted by atomic mass is 9.98. The fraction of sp³-hybridized carbons (Fsp3) is 0.333. The molecule has 3 heterocycles. The zero-order valence-electron chi connectivity index (χ0n) is 16.7. The quantitative estimate of drug-likeness (QED) is 0.579. The summed E-state index contributed by atoms with van der Waals surface area (Å²) in [5.74, 6) is 0.0333. The van der Waals surface area contributed by atoms with Crippen molar-refractivity contribution in [3.8, 4) is 11.4 Å². The SMILES string of the molecule is NC(=O)c1ccsc1NC(=O)CCN1CCCC(c2nc(-c3ccc(F)cc3)no2)C1. The van der Waals surface area contributed by atoms with Gasteiger partial charge in [-0.1, -0.05) is 5.16 Å². The topological polar surface area (TPSA) is 114 Å². The van der Waals surface area contributed by atoms with E-state index in [4.69, 9.17) is 10.3 Å². The van der Waals surface area contributed by atoms with Crippen LogP contribution in [0.15, 0.2) is 40.2 Å². The highest BCUT2D eigenvalue weighted by Crippen LogP contribution is 2.28. The lowest BCUT2D eigenvalue weighted by Gasteiger charge is -2.30. The van der Waals surface area contributed by atoms with E-state index < -0.39 is 5.91 Å². The second kappa shape index (κ2) is 9.36. The average Bonchev–Trinajstić information content (AvgIpc) is 3.43. The average molecular weight is 444 g/mol. The number of carbonyl (C=O) groups excluding carboxylic acids is 2. The van der Waals surface area contributed by atoms with Crippen LogP contribution in [0.3, 0.4) is 0 Å². The monoisotopic (exact) mass is 443 g/mol. The molecule has 1 aromatic carbocycles. The van der Waals surface area contributed by atoms with Crippen LogP contribution >= 0.6 is 11.3 Å². The number of anilines is 1. The van der Waals surface area contributed by atoms with Gasteiger partial charge in [0.15, 0.2) is 0 Å². The number of primary amides is 1. The summed E-state index contributed by atoms with van der Waals surface area (Å²) in [6.45, 7) is 2.18. The van der Waals surface area contributed by atoms with Crippen LogP contribution in [0, 0.1) is 5.82 Å². The minimum Gasteiger partial charge on any atom is -0.366 e. The summed E-state index contributed by atoms with van der Waals surface area (Å²) in [5, 5.41) is 8.99. The molecule has 162 valence electrons. The van der Waals surface area contributed by atoms with Crippen molar-refractivity contribution in [2.45, 2.75) is 25.2 Å². The van der Waals surface area contributed by atoms with Gasteiger partial charge in [-0.05, 0) is 55.1 Å². The Morgan fingerprint density at radius 2 is 2.10 bits per heavy atom. The zero-order chi connectivity index (χ0) is 21.8. The molecule has 1 aliphatic rings.